The van der Waals surface area contributed by atoms with Crippen LogP contribution >= 0.6 is 7.82 Å². The Bertz CT molecular complexity index is 1210. The van der Waals surface area contributed by atoms with Crippen LogP contribution in [0.3, 0.4) is 0 Å². The first-order chi connectivity index (χ1) is 26.5. The largest absolute Gasteiger partial charge is 0.756 e. The molecule has 0 rings (SSSR count). The molecule has 0 radical (unpaired) electrons. The first-order valence-corrected chi connectivity index (χ1v) is 22.6. The second-order valence-corrected chi connectivity index (χ2v) is 16.4. The molecule has 0 spiro atoms. The van der Waals surface area contributed by atoms with E-state index in [1.165, 1.54) is 51.4 Å². The summed E-state index contributed by atoms with van der Waals surface area (Å²) in [5.41, 5.74) is 0. The predicted octanol–water partition coefficient (Wildman–Crippen LogP) is 10.9. The molecular formula is C46H79N2O6P. The van der Waals surface area contributed by atoms with Crippen molar-refractivity contribution in [3.63, 3.8) is 0 Å². The fourth-order valence-electron chi connectivity index (χ4n) is 5.19. The van der Waals surface area contributed by atoms with Crippen molar-refractivity contribution >= 4 is 13.7 Å². The van der Waals surface area contributed by atoms with Gasteiger partial charge in [-0.15, -0.1) is 0 Å². The molecule has 0 aliphatic carbocycles. The zero-order valence-corrected chi connectivity index (χ0v) is 36.2. The molecule has 0 aromatic carbocycles. The molecule has 0 saturated heterocycles. The standard InChI is InChI=1S/C46H79N2O6P/c1-6-8-10-12-14-16-18-20-22-23-24-26-27-29-31-33-35-37-39-45(49)44(43-54-55(51,52)53-42-41-48(3,4)5)47-46(50)40-38-36-34-32-30-28-25-21-19-17-15-13-11-9-7-2/h9,11,15,17,21,23-25,29-32,36-39,44-45,49H,6-8,10,12-14,16,18-20,22,26-28,33-35,40-43H2,1-5H3,(H-,47,50,51,52)/b11-9-,17-15-,24-23+,25-21-,31-29+,32-30-,38-36-,39-37+. The van der Waals surface area contributed by atoms with Crippen molar-refractivity contribution in [2.24, 2.45) is 0 Å². The molecule has 2 N–H and O–H groups in total. The third-order valence-corrected chi connectivity index (χ3v) is 9.50. The minimum atomic E-state index is -4.63. The number of allylic oxidation sites excluding steroid dienone is 14. The highest BCUT2D eigenvalue weighted by Crippen LogP contribution is 2.38. The van der Waals surface area contributed by atoms with Gasteiger partial charge in [0.05, 0.1) is 39.9 Å². The molecule has 0 saturated carbocycles. The van der Waals surface area contributed by atoms with Gasteiger partial charge < -0.3 is 28.8 Å². The Balaban J connectivity index is 4.71. The third kappa shape index (κ3) is 39.5. The number of phosphoric ester groups is 1. The number of nitrogens with zero attached hydrogens (tertiary/aromatic N) is 1. The smallest absolute Gasteiger partial charge is 0.268 e. The van der Waals surface area contributed by atoms with Crippen LogP contribution < -0.4 is 10.2 Å². The Labute approximate surface area is 337 Å². The van der Waals surface area contributed by atoms with Crippen molar-refractivity contribution in [2.45, 2.75) is 148 Å². The minimum absolute atomic E-state index is 0.0308. The molecule has 3 atom stereocenters. The van der Waals surface area contributed by atoms with E-state index in [0.29, 0.717) is 23.9 Å². The first kappa shape index (κ1) is 52.4. The molecule has 0 heterocycles. The van der Waals surface area contributed by atoms with Crippen molar-refractivity contribution in [3.8, 4) is 0 Å². The molecule has 8 nitrogen and oxygen atoms in total. The number of nitrogens with one attached hydrogen (secondary N) is 1. The van der Waals surface area contributed by atoms with Gasteiger partial charge in [0.1, 0.15) is 13.2 Å². The summed E-state index contributed by atoms with van der Waals surface area (Å²) in [7, 11) is 1.16. The van der Waals surface area contributed by atoms with E-state index < -0.39 is 26.6 Å². The van der Waals surface area contributed by atoms with Gasteiger partial charge in [-0.2, -0.15) is 0 Å². The average molecular weight is 787 g/mol. The second kappa shape index (κ2) is 37.0. The van der Waals surface area contributed by atoms with E-state index in [0.717, 1.165) is 51.4 Å². The van der Waals surface area contributed by atoms with E-state index in [1.54, 1.807) is 12.2 Å². The number of phosphoric acid groups is 1. The molecule has 0 fully saturated rings. The second-order valence-electron chi connectivity index (χ2n) is 15.0. The molecule has 0 aliphatic rings. The summed E-state index contributed by atoms with van der Waals surface area (Å²) in [6, 6.07) is -0.969. The number of aliphatic hydroxyl groups excluding tert-OH is 1. The Kier molecular flexibility index (Phi) is 35.3. The van der Waals surface area contributed by atoms with Crippen molar-refractivity contribution in [1.29, 1.82) is 0 Å². The molecule has 0 aliphatic heterocycles. The Morgan fingerprint density at radius 3 is 1.65 bits per heavy atom. The number of quaternary nitrogens is 1. The van der Waals surface area contributed by atoms with Gasteiger partial charge in [-0.25, -0.2) is 0 Å². The number of carbonyl (C=O) groups excluding carboxylic acids is 1. The van der Waals surface area contributed by atoms with E-state index in [-0.39, 0.29) is 18.9 Å². The number of aliphatic hydroxyl groups is 1. The zero-order valence-electron chi connectivity index (χ0n) is 35.3. The summed E-state index contributed by atoms with van der Waals surface area (Å²) in [5.74, 6) is -0.344. The number of hydrogen-bond donors (Lipinski definition) is 2. The highest BCUT2D eigenvalue weighted by molar-refractivity contribution is 7.45. The van der Waals surface area contributed by atoms with E-state index in [9.17, 15) is 19.4 Å². The molecular weight excluding hydrogens is 707 g/mol. The van der Waals surface area contributed by atoms with E-state index in [1.807, 2.05) is 39.4 Å². The molecule has 0 aromatic heterocycles. The van der Waals surface area contributed by atoms with Crippen LogP contribution in [0.5, 0.6) is 0 Å². The number of rotatable bonds is 36. The number of carbonyl (C=O) groups is 1. The molecule has 3 unspecified atom stereocenters. The van der Waals surface area contributed by atoms with Crippen molar-refractivity contribution in [2.75, 3.05) is 40.9 Å². The lowest BCUT2D eigenvalue weighted by molar-refractivity contribution is -0.870. The predicted molar refractivity (Wildman–Crippen MR) is 233 cm³/mol. The molecule has 55 heavy (non-hydrogen) atoms. The van der Waals surface area contributed by atoms with Gasteiger partial charge in [-0.1, -0.05) is 156 Å². The maximum absolute atomic E-state index is 12.8. The minimum Gasteiger partial charge on any atom is -0.756 e. The van der Waals surface area contributed by atoms with Crippen molar-refractivity contribution in [3.05, 3.63) is 97.2 Å². The highest BCUT2D eigenvalue weighted by Gasteiger charge is 2.22. The summed E-state index contributed by atoms with van der Waals surface area (Å²) < 4.78 is 23.1. The summed E-state index contributed by atoms with van der Waals surface area (Å²) in [6.45, 7) is 4.39. The van der Waals surface area contributed by atoms with Crippen molar-refractivity contribution in [1.82, 2.24) is 5.32 Å². The Hall–Kier alpha value is -2.58. The van der Waals surface area contributed by atoms with Gasteiger partial charge in [-0.05, 0) is 70.6 Å². The first-order valence-electron chi connectivity index (χ1n) is 21.1. The summed E-state index contributed by atoms with van der Waals surface area (Å²) in [5, 5.41) is 13.6. The number of likely N-dealkylation sites (N-methyl/N-ethyl adjacent to an activating group) is 1. The van der Waals surface area contributed by atoms with Crippen LogP contribution in [0, 0.1) is 0 Å². The Morgan fingerprint density at radius 2 is 1.13 bits per heavy atom. The van der Waals surface area contributed by atoms with E-state index in [4.69, 9.17) is 9.05 Å². The van der Waals surface area contributed by atoms with Gasteiger partial charge in [0.25, 0.3) is 7.82 Å². The van der Waals surface area contributed by atoms with Crippen LogP contribution in [0.4, 0.5) is 0 Å². The zero-order chi connectivity index (χ0) is 40.7. The lowest BCUT2D eigenvalue weighted by atomic mass is 10.1. The lowest BCUT2D eigenvalue weighted by Gasteiger charge is -2.29. The summed E-state index contributed by atoms with van der Waals surface area (Å²) in [6.07, 6.45) is 52.0. The van der Waals surface area contributed by atoms with Crippen LogP contribution in [-0.2, 0) is 18.4 Å². The van der Waals surface area contributed by atoms with Crippen LogP contribution in [-0.4, -0.2) is 68.5 Å². The SMILES string of the molecule is CC/C=C\C/C=C\C/C=C\C/C=C\C/C=C\CC(=O)NC(COP(=O)([O-])OCC[N+](C)(C)C)C(O)/C=C/CC/C=C/CC/C=C/CCCCCCCCCC. The number of unbranched alkanes of at least 4 members (excludes halogenated alkanes) is 10. The third-order valence-electron chi connectivity index (χ3n) is 8.53. The molecule has 0 bridgehead atoms. The normalized spacial score (nSPS) is 15.4. The lowest BCUT2D eigenvalue weighted by Crippen LogP contribution is -2.45. The Morgan fingerprint density at radius 1 is 0.655 bits per heavy atom. The van der Waals surface area contributed by atoms with Gasteiger partial charge in [0.15, 0.2) is 0 Å². The number of amides is 1. The van der Waals surface area contributed by atoms with Gasteiger partial charge in [0.2, 0.25) is 5.91 Å². The van der Waals surface area contributed by atoms with Crippen LogP contribution in [0.2, 0.25) is 0 Å². The van der Waals surface area contributed by atoms with Crippen LogP contribution in [0.1, 0.15) is 136 Å². The maximum Gasteiger partial charge on any atom is 0.268 e. The summed E-state index contributed by atoms with van der Waals surface area (Å²) >= 11 is 0. The van der Waals surface area contributed by atoms with Crippen molar-refractivity contribution < 1.29 is 32.9 Å². The van der Waals surface area contributed by atoms with Gasteiger partial charge in [0, 0.05) is 6.42 Å². The van der Waals surface area contributed by atoms with Gasteiger partial charge >= 0.3 is 0 Å². The quantitative estimate of drug-likeness (QED) is 0.0283. The van der Waals surface area contributed by atoms with E-state index >= 15 is 0 Å². The molecule has 314 valence electrons. The maximum atomic E-state index is 12.8. The molecule has 0 aromatic rings. The molecule has 9 heteroatoms. The van der Waals surface area contributed by atoms with Crippen LogP contribution in [0.15, 0.2) is 97.2 Å². The fourth-order valence-corrected chi connectivity index (χ4v) is 5.91. The monoisotopic (exact) mass is 787 g/mol. The van der Waals surface area contributed by atoms with Crippen LogP contribution in [0.25, 0.3) is 0 Å². The fraction of sp³-hybridized carbons (Fsp3) is 0.630. The van der Waals surface area contributed by atoms with E-state index in [2.05, 4.69) is 86.0 Å². The highest BCUT2D eigenvalue weighted by atomic mass is 31.2. The average Bonchev–Trinajstić information content (AvgIpc) is 3.13. The van der Waals surface area contributed by atoms with Gasteiger partial charge in [-0.3, -0.25) is 9.36 Å². The topological polar surface area (TPSA) is 108 Å². The number of hydrogen-bond acceptors (Lipinski definition) is 6. The molecule has 1 amide bonds. The summed E-state index contributed by atoms with van der Waals surface area (Å²) in [4.78, 5) is 25.2.